The molecule has 0 radical (unpaired) electrons. The summed E-state index contributed by atoms with van der Waals surface area (Å²) in [4.78, 5) is 12.3. The summed E-state index contributed by atoms with van der Waals surface area (Å²) in [6.45, 7) is 2.25. The van der Waals surface area contributed by atoms with E-state index in [0.29, 0.717) is 37.4 Å². The Bertz CT molecular complexity index is 799. The van der Waals surface area contributed by atoms with E-state index in [4.69, 9.17) is 0 Å². The lowest BCUT2D eigenvalue weighted by atomic mass is 10.2. The molecule has 1 aliphatic heterocycles. The van der Waals surface area contributed by atoms with Crippen LogP contribution in [0.3, 0.4) is 0 Å². The van der Waals surface area contributed by atoms with Gasteiger partial charge in [0.2, 0.25) is 10.0 Å². The lowest BCUT2D eigenvalue weighted by Crippen LogP contribution is -2.46. The van der Waals surface area contributed by atoms with Crippen LogP contribution in [0, 0.1) is 0 Å². The summed E-state index contributed by atoms with van der Waals surface area (Å²) in [6, 6.07) is 15.1. The first-order valence-corrected chi connectivity index (χ1v) is 9.19. The highest BCUT2D eigenvalue weighted by Gasteiger charge is 2.25. The smallest absolute Gasteiger partial charge is 0.255 e. The van der Waals surface area contributed by atoms with Crippen LogP contribution < -0.4 is 10.6 Å². The third-order valence-corrected chi connectivity index (χ3v) is 5.77. The van der Waals surface area contributed by atoms with E-state index < -0.39 is 10.0 Å². The number of benzene rings is 2. The SMILES string of the molecule is O=C(Nc1ccc(S(=O)(=O)N2CCNCC2)cc1)c1ccccc1. The Morgan fingerprint density at radius 2 is 1.58 bits per heavy atom. The predicted molar refractivity (Wildman–Crippen MR) is 92.5 cm³/mol. The summed E-state index contributed by atoms with van der Waals surface area (Å²) < 4.78 is 26.6. The zero-order valence-corrected chi connectivity index (χ0v) is 13.9. The maximum absolute atomic E-state index is 12.6. The average molecular weight is 345 g/mol. The van der Waals surface area contributed by atoms with Gasteiger partial charge < -0.3 is 10.6 Å². The molecule has 2 N–H and O–H groups in total. The molecule has 6 nitrogen and oxygen atoms in total. The van der Waals surface area contributed by atoms with Gasteiger partial charge in [-0.2, -0.15) is 4.31 Å². The van der Waals surface area contributed by atoms with Crippen LogP contribution in [-0.4, -0.2) is 44.8 Å². The first-order valence-electron chi connectivity index (χ1n) is 7.75. The van der Waals surface area contributed by atoms with Gasteiger partial charge in [-0.15, -0.1) is 0 Å². The molecule has 0 atom stereocenters. The van der Waals surface area contributed by atoms with Crippen molar-refractivity contribution in [1.29, 1.82) is 0 Å². The molecule has 0 saturated carbocycles. The van der Waals surface area contributed by atoms with E-state index in [1.54, 1.807) is 36.4 Å². The minimum Gasteiger partial charge on any atom is -0.322 e. The van der Waals surface area contributed by atoms with E-state index in [2.05, 4.69) is 10.6 Å². The van der Waals surface area contributed by atoms with Crippen LogP contribution in [0.2, 0.25) is 0 Å². The Morgan fingerprint density at radius 3 is 2.21 bits per heavy atom. The molecule has 1 amide bonds. The quantitative estimate of drug-likeness (QED) is 0.881. The number of hydrogen-bond acceptors (Lipinski definition) is 4. The Balaban J connectivity index is 1.72. The van der Waals surface area contributed by atoms with Crippen molar-refractivity contribution in [3.8, 4) is 0 Å². The van der Waals surface area contributed by atoms with Gasteiger partial charge in [0.1, 0.15) is 0 Å². The summed E-state index contributed by atoms with van der Waals surface area (Å²) in [5.41, 5.74) is 1.11. The summed E-state index contributed by atoms with van der Waals surface area (Å²) in [6.07, 6.45) is 0. The van der Waals surface area contributed by atoms with E-state index >= 15 is 0 Å². The number of carbonyl (C=O) groups excluding carboxylic acids is 1. The molecule has 1 heterocycles. The Labute approximate surface area is 141 Å². The van der Waals surface area contributed by atoms with E-state index in [1.165, 1.54) is 16.4 Å². The van der Waals surface area contributed by atoms with E-state index in [9.17, 15) is 13.2 Å². The number of nitrogens with zero attached hydrogens (tertiary/aromatic N) is 1. The maximum atomic E-state index is 12.6. The minimum absolute atomic E-state index is 0.228. The fourth-order valence-electron chi connectivity index (χ4n) is 2.54. The van der Waals surface area contributed by atoms with Crippen molar-refractivity contribution >= 4 is 21.6 Å². The number of amides is 1. The van der Waals surface area contributed by atoms with Gasteiger partial charge in [0.25, 0.3) is 5.91 Å². The van der Waals surface area contributed by atoms with Gasteiger partial charge >= 0.3 is 0 Å². The molecule has 0 aromatic heterocycles. The van der Waals surface area contributed by atoms with Crippen molar-refractivity contribution in [2.24, 2.45) is 0 Å². The molecule has 24 heavy (non-hydrogen) atoms. The van der Waals surface area contributed by atoms with Crippen LogP contribution in [0.4, 0.5) is 5.69 Å². The van der Waals surface area contributed by atoms with Gasteiger partial charge in [-0.05, 0) is 36.4 Å². The standard InChI is InChI=1S/C17H19N3O3S/c21-17(14-4-2-1-3-5-14)19-15-6-8-16(9-7-15)24(22,23)20-12-10-18-11-13-20/h1-9,18H,10-13H2,(H,19,21). The van der Waals surface area contributed by atoms with E-state index in [0.717, 1.165) is 0 Å². The van der Waals surface area contributed by atoms with Crippen molar-refractivity contribution < 1.29 is 13.2 Å². The fourth-order valence-corrected chi connectivity index (χ4v) is 3.98. The molecular weight excluding hydrogens is 326 g/mol. The zero-order valence-electron chi connectivity index (χ0n) is 13.1. The third kappa shape index (κ3) is 3.64. The number of anilines is 1. The third-order valence-electron chi connectivity index (χ3n) is 3.86. The molecule has 0 unspecified atom stereocenters. The number of piperazine rings is 1. The van der Waals surface area contributed by atoms with Crippen LogP contribution in [-0.2, 0) is 10.0 Å². The molecule has 126 valence electrons. The fraction of sp³-hybridized carbons (Fsp3) is 0.235. The van der Waals surface area contributed by atoms with Gasteiger partial charge in [-0.1, -0.05) is 18.2 Å². The normalized spacial score (nSPS) is 15.8. The Morgan fingerprint density at radius 1 is 0.958 bits per heavy atom. The first kappa shape index (κ1) is 16.6. The van der Waals surface area contributed by atoms with E-state index in [1.807, 2.05) is 6.07 Å². The number of carbonyl (C=O) groups is 1. The molecule has 0 aliphatic carbocycles. The summed E-state index contributed by atoms with van der Waals surface area (Å²) in [5.74, 6) is -0.228. The molecule has 3 rings (SSSR count). The van der Waals surface area contributed by atoms with Crippen LogP contribution >= 0.6 is 0 Å². The zero-order chi connectivity index (χ0) is 17.0. The van der Waals surface area contributed by atoms with Gasteiger partial charge in [-0.25, -0.2) is 8.42 Å². The number of rotatable bonds is 4. The second-order valence-electron chi connectivity index (χ2n) is 5.50. The van der Waals surface area contributed by atoms with Crippen LogP contribution in [0.15, 0.2) is 59.5 Å². The van der Waals surface area contributed by atoms with Crippen molar-refractivity contribution in [1.82, 2.24) is 9.62 Å². The molecule has 0 bridgehead atoms. The largest absolute Gasteiger partial charge is 0.322 e. The molecular formula is C17H19N3O3S. The molecule has 1 aliphatic rings. The number of hydrogen-bond donors (Lipinski definition) is 2. The monoisotopic (exact) mass is 345 g/mol. The van der Waals surface area contributed by atoms with Crippen molar-refractivity contribution in [2.75, 3.05) is 31.5 Å². The second kappa shape index (κ2) is 7.12. The molecule has 1 fully saturated rings. The van der Waals surface area contributed by atoms with Crippen LogP contribution in [0.1, 0.15) is 10.4 Å². The highest BCUT2D eigenvalue weighted by molar-refractivity contribution is 7.89. The van der Waals surface area contributed by atoms with Crippen LogP contribution in [0.5, 0.6) is 0 Å². The number of nitrogens with one attached hydrogen (secondary N) is 2. The van der Waals surface area contributed by atoms with Gasteiger partial charge in [0.05, 0.1) is 4.90 Å². The molecule has 2 aromatic carbocycles. The van der Waals surface area contributed by atoms with Gasteiger partial charge in [-0.3, -0.25) is 4.79 Å². The topological polar surface area (TPSA) is 78.5 Å². The lowest BCUT2D eigenvalue weighted by molar-refractivity contribution is 0.102. The molecule has 1 saturated heterocycles. The highest BCUT2D eigenvalue weighted by atomic mass is 32.2. The second-order valence-corrected chi connectivity index (χ2v) is 7.44. The van der Waals surface area contributed by atoms with Crippen molar-refractivity contribution in [2.45, 2.75) is 4.90 Å². The molecule has 7 heteroatoms. The average Bonchev–Trinajstić information content (AvgIpc) is 2.63. The van der Waals surface area contributed by atoms with Gasteiger partial charge in [0, 0.05) is 37.4 Å². The summed E-state index contributed by atoms with van der Waals surface area (Å²) >= 11 is 0. The number of sulfonamides is 1. The van der Waals surface area contributed by atoms with E-state index in [-0.39, 0.29) is 10.8 Å². The lowest BCUT2D eigenvalue weighted by Gasteiger charge is -2.26. The van der Waals surface area contributed by atoms with Crippen molar-refractivity contribution in [3.63, 3.8) is 0 Å². The maximum Gasteiger partial charge on any atom is 0.255 e. The molecule has 2 aromatic rings. The summed E-state index contributed by atoms with van der Waals surface area (Å²) in [5, 5.41) is 5.89. The highest BCUT2D eigenvalue weighted by Crippen LogP contribution is 2.19. The van der Waals surface area contributed by atoms with Crippen molar-refractivity contribution in [3.05, 3.63) is 60.2 Å². The summed E-state index contributed by atoms with van der Waals surface area (Å²) in [7, 11) is -3.48. The van der Waals surface area contributed by atoms with Gasteiger partial charge in [0.15, 0.2) is 0 Å². The minimum atomic E-state index is -3.48. The first-order chi connectivity index (χ1) is 11.6. The Kier molecular flexibility index (Phi) is 4.94. The predicted octanol–water partition coefficient (Wildman–Crippen LogP) is 1.53. The Hall–Kier alpha value is -2.22. The van der Waals surface area contributed by atoms with Crippen LogP contribution in [0.25, 0.3) is 0 Å². The molecule has 0 spiro atoms.